The highest BCUT2D eigenvalue weighted by molar-refractivity contribution is 6.14. The molecule has 0 atom stereocenters. The number of fused-ring (bicyclic) bond motifs is 1. The van der Waals surface area contributed by atoms with E-state index in [0.717, 1.165) is 35.9 Å². The Labute approximate surface area is 140 Å². The Morgan fingerprint density at radius 1 is 1.33 bits per heavy atom. The van der Waals surface area contributed by atoms with Crippen LogP contribution >= 0.6 is 0 Å². The summed E-state index contributed by atoms with van der Waals surface area (Å²) in [7, 11) is 3.49. The molecule has 1 aromatic heterocycles. The van der Waals surface area contributed by atoms with Crippen LogP contribution < -0.4 is 15.0 Å². The predicted molar refractivity (Wildman–Crippen MR) is 91.5 cm³/mol. The molecule has 2 fully saturated rings. The molecule has 24 heavy (non-hydrogen) atoms. The van der Waals surface area contributed by atoms with Crippen LogP contribution in [0, 0.1) is 0 Å². The molecule has 4 rings (SSSR count). The van der Waals surface area contributed by atoms with Gasteiger partial charge in [0.15, 0.2) is 0 Å². The third kappa shape index (κ3) is 2.33. The number of rotatable bonds is 4. The normalized spacial score (nSPS) is 17.6. The summed E-state index contributed by atoms with van der Waals surface area (Å²) in [4.78, 5) is 26.9. The van der Waals surface area contributed by atoms with Crippen molar-refractivity contribution in [3.8, 4) is 5.75 Å². The number of amides is 2. The molecule has 0 radical (unpaired) electrons. The van der Waals surface area contributed by atoms with Crippen molar-refractivity contribution in [2.45, 2.75) is 31.7 Å². The van der Waals surface area contributed by atoms with Gasteiger partial charge in [-0.05, 0) is 37.5 Å². The maximum atomic E-state index is 12.8. The molecule has 1 saturated carbocycles. The highest BCUT2D eigenvalue weighted by atomic mass is 16.5. The fraction of sp³-hybridized carbons (Fsp3) is 0.444. The van der Waals surface area contributed by atoms with Gasteiger partial charge in [0.25, 0.3) is 5.91 Å². The molecule has 0 unspecified atom stereocenters. The van der Waals surface area contributed by atoms with Crippen molar-refractivity contribution in [1.29, 1.82) is 0 Å². The Balaban J connectivity index is 1.92. The number of carbonyl (C=O) groups excluding carboxylic acids is 2. The van der Waals surface area contributed by atoms with Crippen LogP contribution in [0.1, 0.15) is 36.2 Å². The largest absolute Gasteiger partial charge is 0.497 e. The Bertz CT molecular complexity index is 836. The van der Waals surface area contributed by atoms with E-state index in [4.69, 9.17) is 4.74 Å². The van der Waals surface area contributed by atoms with Gasteiger partial charge in [0.1, 0.15) is 11.4 Å². The molecule has 2 aromatic rings. The summed E-state index contributed by atoms with van der Waals surface area (Å²) in [6.45, 7) is 0.652. The van der Waals surface area contributed by atoms with Crippen LogP contribution in [0.25, 0.3) is 10.9 Å². The van der Waals surface area contributed by atoms with Gasteiger partial charge >= 0.3 is 0 Å². The summed E-state index contributed by atoms with van der Waals surface area (Å²) in [5.41, 5.74) is 2.19. The summed E-state index contributed by atoms with van der Waals surface area (Å²) < 4.78 is 7.22. The van der Waals surface area contributed by atoms with Crippen LogP contribution in [0.15, 0.2) is 18.2 Å². The van der Waals surface area contributed by atoms with E-state index < -0.39 is 0 Å². The van der Waals surface area contributed by atoms with Crippen molar-refractivity contribution in [2.75, 3.05) is 18.6 Å². The molecule has 0 bridgehead atoms. The van der Waals surface area contributed by atoms with E-state index in [0.29, 0.717) is 24.3 Å². The third-order valence-corrected chi connectivity index (χ3v) is 4.85. The maximum absolute atomic E-state index is 12.8. The molecule has 2 aliphatic rings. The van der Waals surface area contributed by atoms with E-state index in [9.17, 15) is 9.59 Å². The van der Waals surface area contributed by atoms with Crippen LogP contribution in [0.2, 0.25) is 0 Å². The number of nitrogens with zero attached hydrogens (tertiary/aromatic N) is 2. The molecule has 6 nitrogen and oxygen atoms in total. The predicted octanol–water partition coefficient (Wildman–Crippen LogP) is 2.21. The number of hydrogen-bond donors (Lipinski definition) is 1. The summed E-state index contributed by atoms with van der Waals surface area (Å²) in [6.07, 6.45) is 3.41. The monoisotopic (exact) mass is 327 g/mol. The van der Waals surface area contributed by atoms with Gasteiger partial charge in [0.05, 0.1) is 18.3 Å². The van der Waals surface area contributed by atoms with Crippen molar-refractivity contribution in [1.82, 2.24) is 9.88 Å². The van der Waals surface area contributed by atoms with Gasteiger partial charge in [-0.15, -0.1) is 0 Å². The van der Waals surface area contributed by atoms with Crippen molar-refractivity contribution in [2.24, 2.45) is 7.05 Å². The lowest BCUT2D eigenvalue weighted by molar-refractivity contribution is -0.117. The topological polar surface area (TPSA) is 63.6 Å². The SMILES string of the molecule is COc1ccc2c(c1)c(N1CCCC1=O)c(C(=O)NC1CC1)n2C. The van der Waals surface area contributed by atoms with Crippen molar-refractivity contribution in [3.05, 3.63) is 23.9 Å². The van der Waals surface area contributed by atoms with E-state index in [-0.39, 0.29) is 17.9 Å². The van der Waals surface area contributed by atoms with Crippen molar-refractivity contribution in [3.63, 3.8) is 0 Å². The lowest BCUT2D eigenvalue weighted by atomic mass is 10.2. The number of anilines is 1. The van der Waals surface area contributed by atoms with Gasteiger partial charge < -0.3 is 19.5 Å². The smallest absolute Gasteiger partial charge is 0.270 e. The van der Waals surface area contributed by atoms with Crippen molar-refractivity contribution < 1.29 is 14.3 Å². The molecular weight excluding hydrogens is 306 g/mol. The first-order valence-corrected chi connectivity index (χ1v) is 8.38. The fourth-order valence-electron chi connectivity index (χ4n) is 3.43. The third-order valence-electron chi connectivity index (χ3n) is 4.85. The molecule has 0 spiro atoms. The first kappa shape index (κ1) is 15.1. The van der Waals surface area contributed by atoms with Crippen LogP contribution in [0.5, 0.6) is 5.75 Å². The Kier molecular flexibility index (Phi) is 3.48. The lowest BCUT2D eigenvalue weighted by Gasteiger charge is -2.18. The van der Waals surface area contributed by atoms with Gasteiger partial charge in [0, 0.05) is 31.4 Å². The second kappa shape index (κ2) is 5.54. The van der Waals surface area contributed by atoms with E-state index in [2.05, 4.69) is 5.32 Å². The van der Waals surface area contributed by atoms with Crippen molar-refractivity contribution >= 4 is 28.4 Å². The number of ether oxygens (including phenoxy) is 1. The first-order chi connectivity index (χ1) is 11.6. The summed E-state index contributed by atoms with van der Waals surface area (Å²) in [5, 5.41) is 3.93. The number of methoxy groups -OCH3 is 1. The van der Waals surface area contributed by atoms with E-state index >= 15 is 0 Å². The zero-order chi connectivity index (χ0) is 16.8. The highest BCUT2D eigenvalue weighted by Gasteiger charge is 2.33. The minimum Gasteiger partial charge on any atom is -0.497 e. The molecule has 1 saturated heterocycles. The van der Waals surface area contributed by atoms with Gasteiger partial charge in [0.2, 0.25) is 5.91 Å². The summed E-state index contributed by atoms with van der Waals surface area (Å²) in [6, 6.07) is 5.99. The highest BCUT2D eigenvalue weighted by Crippen LogP contribution is 2.38. The molecule has 1 aliphatic carbocycles. The minimum absolute atomic E-state index is 0.0748. The van der Waals surface area contributed by atoms with Gasteiger partial charge in [-0.1, -0.05) is 0 Å². The van der Waals surface area contributed by atoms with E-state index in [1.165, 1.54) is 0 Å². The zero-order valence-corrected chi connectivity index (χ0v) is 14.0. The second-order valence-corrected chi connectivity index (χ2v) is 6.54. The fourth-order valence-corrected chi connectivity index (χ4v) is 3.43. The van der Waals surface area contributed by atoms with E-state index in [1.807, 2.05) is 29.8 Å². The molecule has 6 heteroatoms. The van der Waals surface area contributed by atoms with E-state index in [1.54, 1.807) is 12.0 Å². The van der Waals surface area contributed by atoms with Crippen LogP contribution in [0.4, 0.5) is 5.69 Å². The molecular formula is C18H21N3O3. The number of nitrogens with one attached hydrogen (secondary N) is 1. The van der Waals surface area contributed by atoms with Gasteiger partial charge in [-0.3, -0.25) is 9.59 Å². The quantitative estimate of drug-likeness (QED) is 0.936. The Morgan fingerprint density at radius 2 is 2.12 bits per heavy atom. The number of aryl methyl sites for hydroxylation is 1. The average Bonchev–Trinajstić information content (AvgIpc) is 3.22. The maximum Gasteiger partial charge on any atom is 0.270 e. The minimum atomic E-state index is -0.107. The average molecular weight is 327 g/mol. The molecule has 1 aliphatic heterocycles. The molecule has 2 amide bonds. The number of hydrogen-bond acceptors (Lipinski definition) is 3. The molecule has 1 aromatic carbocycles. The summed E-state index contributed by atoms with van der Waals surface area (Å²) >= 11 is 0. The van der Waals surface area contributed by atoms with Crippen LogP contribution in [-0.2, 0) is 11.8 Å². The first-order valence-electron chi connectivity index (χ1n) is 8.38. The molecule has 2 heterocycles. The Morgan fingerprint density at radius 3 is 2.75 bits per heavy atom. The van der Waals surface area contributed by atoms with Crippen LogP contribution in [0.3, 0.4) is 0 Å². The number of benzene rings is 1. The van der Waals surface area contributed by atoms with Gasteiger partial charge in [-0.2, -0.15) is 0 Å². The van der Waals surface area contributed by atoms with Gasteiger partial charge in [-0.25, -0.2) is 0 Å². The zero-order valence-electron chi connectivity index (χ0n) is 14.0. The lowest BCUT2D eigenvalue weighted by Crippen LogP contribution is -2.31. The summed E-state index contributed by atoms with van der Waals surface area (Å²) in [5.74, 6) is 0.686. The molecule has 1 N–H and O–H groups in total. The second-order valence-electron chi connectivity index (χ2n) is 6.54. The van der Waals surface area contributed by atoms with Crippen LogP contribution in [-0.4, -0.2) is 36.1 Å². The number of aromatic nitrogens is 1. The molecule has 126 valence electrons. The standard InChI is InChI=1S/C18H21N3O3/c1-20-14-8-7-12(24-2)10-13(14)16(21-9-3-4-15(21)22)17(20)18(23)19-11-5-6-11/h7-8,10-11H,3-6,9H2,1-2H3,(H,19,23). The Hall–Kier alpha value is -2.50. The number of carbonyl (C=O) groups is 2.